The zero-order valence-electron chi connectivity index (χ0n) is 12.5. The molecule has 9 heteroatoms. The second-order valence-electron chi connectivity index (χ2n) is 5.02. The zero-order chi connectivity index (χ0) is 18.0. The van der Waals surface area contributed by atoms with E-state index in [9.17, 15) is 0 Å². The largest absolute Gasteiger partial charge is 0.393 e. The van der Waals surface area contributed by atoms with E-state index >= 15 is 0 Å². The first-order chi connectivity index (χ1) is 11.9. The number of halogens is 4. The molecule has 0 bridgehead atoms. The summed E-state index contributed by atoms with van der Waals surface area (Å²) in [6.45, 7) is 0. The van der Waals surface area contributed by atoms with Crippen molar-refractivity contribution in [2.75, 3.05) is 16.4 Å². The van der Waals surface area contributed by atoms with Crippen LogP contribution in [0.2, 0.25) is 20.1 Å². The lowest BCUT2D eigenvalue weighted by molar-refractivity contribution is 1.17. The van der Waals surface area contributed by atoms with Gasteiger partial charge in [-0.1, -0.05) is 46.4 Å². The Bertz CT molecular complexity index is 912. The van der Waals surface area contributed by atoms with Crippen LogP contribution in [0.1, 0.15) is 0 Å². The number of rotatable bonds is 4. The summed E-state index contributed by atoms with van der Waals surface area (Å²) in [5.74, 6) is 0.802. The van der Waals surface area contributed by atoms with Gasteiger partial charge in [0.25, 0.3) is 0 Å². The highest BCUT2D eigenvalue weighted by molar-refractivity contribution is 6.36. The van der Waals surface area contributed by atoms with Crippen molar-refractivity contribution in [1.82, 2.24) is 9.97 Å². The van der Waals surface area contributed by atoms with Crippen LogP contribution in [0.5, 0.6) is 0 Å². The maximum atomic E-state index is 6.16. The molecule has 0 aliphatic heterocycles. The molecule has 0 saturated heterocycles. The molecule has 0 atom stereocenters. The Morgan fingerprint density at radius 2 is 1.40 bits per heavy atom. The van der Waals surface area contributed by atoms with Gasteiger partial charge in [0.05, 0.1) is 10.7 Å². The van der Waals surface area contributed by atoms with E-state index in [0.29, 0.717) is 48.8 Å². The minimum absolute atomic E-state index is 0.310. The quantitative estimate of drug-likeness (QED) is 0.476. The van der Waals surface area contributed by atoms with E-state index in [0.717, 1.165) is 0 Å². The van der Waals surface area contributed by atoms with E-state index < -0.39 is 0 Å². The third-order valence-corrected chi connectivity index (χ3v) is 4.18. The van der Waals surface area contributed by atoms with E-state index in [-0.39, 0.29) is 0 Å². The van der Waals surface area contributed by atoms with Gasteiger partial charge >= 0.3 is 0 Å². The number of nitrogens with one attached hydrogen (secondary N) is 2. The molecule has 1 heterocycles. The summed E-state index contributed by atoms with van der Waals surface area (Å²) in [5.41, 5.74) is 7.73. The highest BCUT2D eigenvalue weighted by atomic mass is 35.5. The van der Waals surface area contributed by atoms with E-state index in [1.165, 1.54) is 6.33 Å². The van der Waals surface area contributed by atoms with Crippen molar-refractivity contribution in [1.29, 1.82) is 0 Å². The molecule has 0 saturated carbocycles. The number of hydrogen-bond acceptors (Lipinski definition) is 5. The SMILES string of the molecule is Nc1c(Nc2cc(Cl)cc(Cl)c2)ncnc1Nc1ccc(Cl)cc1Cl. The molecule has 3 aromatic rings. The van der Waals surface area contributed by atoms with E-state index in [1.807, 2.05) is 0 Å². The lowest BCUT2D eigenvalue weighted by Crippen LogP contribution is -2.05. The Morgan fingerprint density at radius 1 is 0.760 bits per heavy atom. The van der Waals surface area contributed by atoms with Crippen molar-refractivity contribution >= 4 is 75.1 Å². The van der Waals surface area contributed by atoms with Crippen LogP contribution < -0.4 is 16.4 Å². The highest BCUT2D eigenvalue weighted by Gasteiger charge is 2.11. The van der Waals surface area contributed by atoms with Crippen molar-refractivity contribution in [3.8, 4) is 0 Å². The number of nitrogen functional groups attached to an aromatic ring is 1. The van der Waals surface area contributed by atoms with Crippen molar-refractivity contribution in [3.63, 3.8) is 0 Å². The molecule has 0 aliphatic carbocycles. The Balaban J connectivity index is 1.89. The third kappa shape index (κ3) is 4.38. The molecular weight excluding hydrogens is 404 g/mol. The monoisotopic (exact) mass is 413 g/mol. The molecule has 3 rings (SSSR count). The molecule has 0 aliphatic rings. The van der Waals surface area contributed by atoms with Gasteiger partial charge in [0.15, 0.2) is 11.6 Å². The minimum atomic E-state index is 0.310. The smallest absolute Gasteiger partial charge is 0.159 e. The maximum absolute atomic E-state index is 6.16. The second kappa shape index (κ2) is 7.54. The maximum Gasteiger partial charge on any atom is 0.159 e. The topological polar surface area (TPSA) is 75.9 Å². The van der Waals surface area contributed by atoms with Gasteiger partial charge in [0.1, 0.15) is 12.0 Å². The molecule has 128 valence electrons. The molecular formula is C16H11Cl4N5. The van der Waals surface area contributed by atoms with E-state index in [4.69, 9.17) is 52.1 Å². The first-order valence-corrected chi connectivity index (χ1v) is 8.49. The van der Waals surface area contributed by atoms with Crippen LogP contribution in [0.25, 0.3) is 0 Å². The Kier molecular flexibility index (Phi) is 5.39. The molecule has 0 fully saturated rings. The first-order valence-electron chi connectivity index (χ1n) is 6.98. The van der Waals surface area contributed by atoms with Gasteiger partial charge in [-0.3, -0.25) is 0 Å². The zero-order valence-corrected chi connectivity index (χ0v) is 15.5. The van der Waals surface area contributed by atoms with Crippen LogP contribution in [-0.4, -0.2) is 9.97 Å². The average Bonchev–Trinajstić information content (AvgIpc) is 2.52. The van der Waals surface area contributed by atoms with Gasteiger partial charge < -0.3 is 16.4 Å². The third-order valence-electron chi connectivity index (χ3n) is 3.19. The molecule has 0 radical (unpaired) electrons. The number of anilines is 5. The fraction of sp³-hybridized carbons (Fsp3) is 0. The van der Waals surface area contributed by atoms with Gasteiger partial charge in [-0.2, -0.15) is 0 Å². The Morgan fingerprint density at radius 3 is 2.04 bits per heavy atom. The van der Waals surface area contributed by atoms with Crippen LogP contribution >= 0.6 is 46.4 Å². The lowest BCUT2D eigenvalue weighted by Gasteiger charge is -2.13. The van der Waals surface area contributed by atoms with Crippen LogP contribution in [-0.2, 0) is 0 Å². The number of nitrogens with zero attached hydrogens (tertiary/aromatic N) is 2. The first kappa shape index (κ1) is 17.9. The summed E-state index contributed by atoms with van der Waals surface area (Å²) in [4.78, 5) is 8.29. The standard InChI is InChI=1S/C16H11Cl4N5/c17-8-1-2-13(12(20)6-8)25-16-14(21)15(22-7-23-16)24-11-4-9(18)3-10(19)5-11/h1-7H,21H2,(H2,22,23,24,25). The molecule has 0 spiro atoms. The van der Waals surface area contributed by atoms with Gasteiger partial charge in [0, 0.05) is 20.8 Å². The lowest BCUT2D eigenvalue weighted by atomic mass is 10.3. The molecule has 5 nitrogen and oxygen atoms in total. The number of aromatic nitrogens is 2. The number of benzene rings is 2. The fourth-order valence-corrected chi connectivity index (χ4v) is 3.06. The van der Waals surface area contributed by atoms with Crippen molar-refractivity contribution in [3.05, 3.63) is 62.8 Å². The molecule has 2 aromatic carbocycles. The average molecular weight is 415 g/mol. The predicted octanol–water partition coefficient (Wildman–Crippen LogP) is 6.16. The Labute approximate surface area is 164 Å². The Hall–Kier alpha value is -1.92. The van der Waals surface area contributed by atoms with Gasteiger partial charge in [-0.15, -0.1) is 0 Å². The van der Waals surface area contributed by atoms with Crippen molar-refractivity contribution in [2.45, 2.75) is 0 Å². The number of nitrogens with two attached hydrogens (primary N) is 1. The predicted molar refractivity (Wildman–Crippen MR) is 106 cm³/mol. The molecule has 1 aromatic heterocycles. The van der Waals surface area contributed by atoms with Crippen LogP contribution in [0.15, 0.2) is 42.7 Å². The second-order valence-corrected chi connectivity index (χ2v) is 6.73. The van der Waals surface area contributed by atoms with E-state index in [1.54, 1.807) is 36.4 Å². The van der Waals surface area contributed by atoms with Crippen LogP contribution in [0, 0.1) is 0 Å². The van der Waals surface area contributed by atoms with Gasteiger partial charge in [-0.05, 0) is 36.4 Å². The summed E-state index contributed by atoms with van der Waals surface area (Å²) in [5, 5.41) is 8.09. The molecule has 0 amide bonds. The van der Waals surface area contributed by atoms with Gasteiger partial charge in [0.2, 0.25) is 0 Å². The van der Waals surface area contributed by atoms with Crippen molar-refractivity contribution in [2.24, 2.45) is 0 Å². The van der Waals surface area contributed by atoms with Crippen LogP contribution in [0.4, 0.5) is 28.7 Å². The normalized spacial score (nSPS) is 10.6. The minimum Gasteiger partial charge on any atom is -0.393 e. The molecule has 25 heavy (non-hydrogen) atoms. The summed E-state index contributed by atoms with van der Waals surface area (Å²) in [6.07, 6.45) is 1.37. The van der Waals surface area contributed by atoms with Gasteiger partial charge in [-0.25, -0.2) is 9.97 Å². The number of hydrogen-bond donors (Lipinski definition) is 3. The van der Waals surface area contributed by atoms with E-state index in [2.05, 4.69) is 20.6 Å². The molecule has 0 unspecified atom stereocenters. The summed E-state index contributed by atoms with van der Waals surface area (Å²) < 4.78 is 0. The summed E-state index contributed by atoms with van der Waals surface area (Å²) in [7, 11) is 0. The van der Waals surface area contributed by atoms with Crippen molar-refractivity contribution < 1.29 is 0 Å². The highest BCUT2D eigenvalue weighted by Crippen LogP contribution is 2.33. The fourth-order valence-electron chi connectivity index (χ4n) is 2.08. The molecule has 4 N–H and O–H groups in total. The summed E-state index contributed by atoms with van der Waals surface area (Å²) >= 11 is 24.1. The van der Waals surface area contributed by atoms with Crippen LogP contribution in [0.3, 0.4) is 0 Å². The summed E-state index contributed by atoms with van der Waals surface area (Å²) in [6, 6.07) is 10.1.